The number of hydrogen-bond donors (Lipinski definition) is 0. The van der Waals surface area contributed by atoms with Gasteiger partial charge in [-0.2, -0.15) is 0 Å². The summed E-state index contributed by atoms with van der Waals surface area (Å²) in [6, 6.07) is 84.1. The molecule has 0 spiro atoms. The van der Waals surface area contributed by atoms with Crippen LogP contribution in [0.3, 0.4) is 0 Å². The summed E-state index contributed by atoms with van der Waals surface area (Å²) in [6.07, 6.45) is 4.50. The maximum absolute atomic E-state index is 2.37. The minimum Gasteiger partial charge on any atom is -0.0622 e. The van der Waals surface area contributed by atoms with Gasteiger partial charge < -0.3 is 0 Å². The first kappa shape index (κ1) is 35.4. The predicted molar refractivity (Wildman–Crippen MR) is 259 cm³/mol. The molecule has 0 heteroatoms. The van der Waals surface area contributed by atoms with Crippen molar-refractivity contribution in [3.63, 3.8) is 0 Å². The second kappa shape index (κ2) is 15.2. The fraction of sp³-hybridized carbons (Fsp3) is 0. The molecule has 0 radical (unpaired) electrons. The zero-order valence-corrected chi connectivity index (χ0v) is 33.1. The summed E-state index contributed by atoms with van der Waals surface area (Å²) in [6.45, 7) is 0. The van der Waals surface area contributed by atoms with Crippen LogP contribution in [0.15, 0.2) is 231 Å². The lowest BCUT2D eigenvalue weighted by Gasteiger charge is -2.19. The summed E-state index contributed by atoms with van der Waals surface area (Å²) >= 11 is 0. The summed E-state index contributed by atoms with van der Waals surface area (Å²) in [5, 5.41) is 10.0. The van der Waals surface area contributed by atoms with Crippen molar-refractivity contribution in [3.05, 3.63) is 242 Å². The number of rotatable bonds is 7. The smallest absolute Gasteiger partial charge is 0.00259 e. The van der Waals surface area contributed by atoms with Gasteiger partial charge in [-0.05, 0) is 128 Å². The lowest BCUT2D eigenvalue weighted by atomic mass is 9.84. The summed E-state index contributed by atoms with van der Waals surface area (Å²) in [5.41, 5.74) is 14.7. The first-order chi connectivity index (χ1) is 29.8. The molecular weight excluding hydrogens is 721 g/mol. The van der Waals surface area contributed by atoms with Crippen LogP contribution >= 0.6 is 0 Å². The summed E-state index contributed by atoms with van der Waals surface area (Å²) in [5.74, 6) is 0. The van der Waals surface area contributed by atoms with Crippen molar-refractivity contribution < 1.29 is 0 Å². The van der Waals surface area contributed by atoms with Crippen LogP contribution in [0.25, 0.3) is 111 Å². The van der Waals surface area contributed by atoms with Crippen LogP contribution in [0.4, 0.5) is 0 Å². The zero-order chi connectivity index (χ0) is 39.8. The van der Waals surface area contributed by atoms with Crippen molar-refractivity contribution in [2.24, 2.45) is 0 Å². The first-order valence-corrected chi connectivity index (χ1v) is 20.7. The predicted octanol–water partition coefficient (Wildman–Crippen LogP) is 16.8. The standard InChI is InChI=1S/C60H40/c1-3-16-42(17-4-1)47-38-48(43-18-5-2-6-19-43)40-49(39-47)60-57-27-13-11-25-55(57)59(56-26-12-14-28-58(56)60)46-34-31-41(32-35-46)30-33-45-36-37-54(52-24-10-9-23-51(45)52)53-29-15-21-44-20-7-8-22-50(44)53/h1-40H. The molecule has 60 heavy (non-hydrogen) atoms. The van der Waals surface area contributed by atoms with E-state index in [1.165, 1.54) is 104 Å². The Bertz CT molecular complexity index is 3270. The van der Waals surface area contributed by atoms with Crippen LogP contribution in [0.1, 0.15) is 11.1 Å². The molecule has 0 amide bonds. The van der Waals surface area contributed by atoms with Gasteiger partial charge in [0.05, 0.1) is 0 Å². The fourth-order valence-corrected chi connectivity index (χ4v) is 9.23. The Hall–Kier alpha value is -7.80. The Kier molecular flexibility index (Phi) is 8.95. The van der Waals surface area contributed by atoms with Gasteiger partial charge in [-0.1, -0.05) is 224 Å². The number of benzene rings is 11. The average Bonchev–Trinajstić information content (AvgIpc) is 3.33. The molecule has 11 aromatic rings. The van der Waals surface area contributed by atoms with Crippen LogP contribution in [0, 0.1) is 0 Å². The van der Waals surface area contributed by atoms with E-state index >= 15 is 0 Å². The first-order valence-electron chi connectivity index (χ1n) is 20.7. The van der Waals surface area contributed by atoms with E-state index < -0.39 is 0 Å². The highest BCUT2D eigenvalue weighted by atomic mass is 14.2. The van der Waals surface area contributed by atoms with Gasteiger partial charge in [-0.25, -0.2) is 0 Å². The molecule has 11 aromatic carbocycles. The monoisotopic (exact) mass is 760 g/mol. The number of hydrogen-bond acceptors (Lipinski definition) is 0. The SMILES string of the molecule is C(=Cc1ccc(-c2cccc3ccccc23)c2ccccc12)c1ccc(-c2c3ccccc3c(-c3cc(-c4ccccc4)cc(-c4ccccc4)c3)c3ccccc23)cc1. The molecule has 0 aromatic heterocycles. The van der Waals surface area contributed by atoms with E-state index in [0.29, 0.717) is 0 Å². The summed E-state index contributed by atoms with van der Waals surface area (Å²) in [7, 11) is 0. The molecule has 0 aliphatic heterocycles. The molecule has 0 N–H and O–H groups in total. The second-order valence-electron chi connectivity index (χ2n) is 15.6. The van der Waals surface area contributed by atoms with E-state index in [0.717, 1.165) is 5.56 Å². The summed E-state index contributed by atoms with van der Waals surface area (Å²) < 4.78 is 0. The maximum atomic E-state index is 2.37. The van der Waals surface area contributed by atoms with Crippen LogP contribution < -0.4 is 0 Å². The van der Waals surface area contributed by atoms with Crippen LogP contribution in [0.5, 0.6) is 0 Å². The van der Waals surface area contributed by atoms with Gasteiger partial charge in [-0.3, -0.25) is 0 Å². The van der Waals surface area contributed by atoms with Gasteiger partial charge in [0.1, 0.15) is 0 Å². The molecule has 0 unspecified atom stereocenters. The quantitative estimate of drug-likeness (QED) is 0.112. The average molecular weight is 761 g/mol. The van der Waals surface area contributed by atoms with E-state index in [1.54, 1.807) is 0 Å². The molecule has 0 saturated carbocycles. The highest BCUT2D eigenvalue weighted by Gasteiger charge is 2.18. The third kappa shape index (κ3) is 6.36. The number of fused-ring (bicyclic) bond motifs is 4. The lowest BCUT2D eigenvalue weighted by molar-refractivity contribution is 1.58. The van der Waals surface area contributed by atoms with Crippen molar-refractivity contribution in [2.75, 3.05) is 0 Å². The minimum atomic E-state index is 1.16. The Morgan fingerprint density at radius 2 is 0.683 bits per heavy atom. The third-order valence-corrected chi connectivity index (χ3v) is 12.1. The minimum absolute atomic E-state index is 1.16. The molecule has 0 atom stereocenters. The van der Waals surface area contributed by atoms with Gasteiger partial charge in [-0.15, -0.1) is 0 Å². The molecule has 0 saturated heterocycles. The van der Waals surface area contributed by atoms with Crippen molar-refractivity contribution in [3.8, 4) is 55.6 Å². The molecule has 0 fully saturated rings. The van der Waals surface area contributed by atoms with Crippen molar-refractivity contribution in [2.45, 2.75) is 0 Å². The molecule has 11 rings (SSSR count). The van der Waals surface area contributed by atoms with E-state index in [-0.39, 0.29) is 0 Å². The largest absolute Gasteiger partial charge is 0.0622 e. The van der Waals surface area contributed by atoms with Gasteiger partial charge in [0.25, 0.3) is 0 Å². The van der Waals surface area contributed by atoms with E-state index in [4.69, 9.17) is 0 Å². The zero-order valence-electron chi connectivity index (χ0n) is 33.1. The molecular formula is C60H40. The Morgan fingerprint density at radius 3 is 1.28 bits per heavy atom. The van der Waals surface area contributed by atoms with Crippen molar-refractivity contribution >= 4 is 55.2 Å². The third-order valence-electron chi connectivity index (χ3n) is 12.1. The lowest BCUT2D eigenvalue weighted by Crippen LogP contribution is -1.92. The van der Waals surface area contributed by atoms with E-state index in [1.807, 2.05) is 0 Å². The highest BCUT2D eigenvalue weighted by molar-refractivity contribution is 6.21. The molecule has 0 bridgehead atoms. The Labute approximate surface area is 351 Å². The summed E-state index contributed by atoms with van der Waals surface area (Å²) in [4.78, 5) is 0. The van der Waals surface area contributed by atoms with Crippen LogP contribution in [-0.4, -0.2) is 0 Å². The van der Waals surface area contributed by atoms with Crippen molar-refractivity contribution in [1.82, 2.24) is 0 Å². The van der Waals surface area contributed by atoms with Crippen LogP contribution in [-0.2, 0) is 0 Å². The molecule has 0 nitrogen and oxygen atoms in total. The fourth-order valence-electron chi connectivity index (χ4n) is 9.23. The normalized spacial score (nSPS) is 11.6. The maximum Gasteiger partial charge on any atom is -0.00259 e. The Balaban J connectivity index is 1.00. The Morgan fingerprint density at radius 1 is 0.233 bits per heavy atom. The topological polar surface area (TPSA) is 0 Å². The van der Waals surface area contributed by atoms with Gasteiger partial charge in [0, 0.05) is 0 Å². The van der Waals surface area contributed by atoms with Crippen molar-refractivity contribution in [1.29, 1.82) is 0 Å². The highest BCUT2D eigenvalue weighted by Crippen LogP contribution is 2.45. The van der Waals surface area contributed by atoms with Gasteiger partial charge in [0.15, 0.2) is 0 Å². The van der Waals surface area contributed by atoms with E-state index in [2.05, 4.69) is 243 Å². The van der Waals surface area contributed by atoms with Gasteiger partial charge >= 0.3 is 0 Å². The van der Waals surface area contributed by atoms with Gasteiger partial charge in [0.2, 0.25) is 0 Å². The molecule has 0 aliphatic carbocycles. The van der Waals surface area contributed by atoms with Crippen LogP contribution in [0.2, 0.25) is 0 Å². The van der Waals surface area contributed by atoms with E-state index in [9.17, 15) is 0 Å². The molecule has 0 aliphatic rings. The molecule has 0 heterocycles. The molecule has 280 valence electrons. The second-order valence-corrected chi connectivity index (χ2v) is 15.6.